The molecule has 5 aromatic rings. The van der Waals surface area contributed by atoms with E-state index in [1.165, 1.54) is 12.4 Å². The van der Waals surface area contributed by atoms with Crippen molar-refractivity contribution in [1.82, 2.24) is 24.6 Å². The second-order valence-corrected chi connectivity index (χ2v) is 8.22. The Morgan fingerprint density at radius 1 is 0.972 bits per heavy atom. The molecule has 0 aliphatic rings. The summed E-state index contributed by atoms with van der Waals surface area (Å²) in [6.45, 7) is 0. The molecule has 0 unspecified atom stereocenters. The number of benzene rings is 2. The molecule has 0 radical (unpaired) electrons. The zero-order valence-electron chi connectivity index (χ0n) is 18.6. The number of nitrogens with zero attached hydrogens (tertiary/aromatic N) is 5. The Hall–Kier alpha value is -4.41. The lowest BCUT2D eigenvalue weighted by Gasteiger charge is -2.09. The number of halogens is 2. The summed E-state index contributed by atoms with van der Waals surface area (Å²) in [6.07, 6.45) is 6.37. The Labute approximate surface area is 214 Å². The van der Waals surface area contributed by atoms with E-state index in [9.17, 15) is 4.79 Å². The number of fused-ring (bicyclic) bond motifs is 1. The Kier molecular flexibility index (Phi) is 6.52. The number of anilines is 2. The van der Waals surface area contributed by atoms with Gasteiger partial charge in [-0.1, -0.05) is 35.3 Å². The van der Waals surface area contributed by atoms with Crippen LogP contribution in [0.5, 0.6) is 17.6 Å². The fourth-order valence-electron chi connectivity index (χ4n) is 3.29. The van der Waals surface area contributed by atoms with Gasteiger partial charge in [-0.3, -0.25) is 0 Å². The van der Waals surface area contributed by atoms with Crippen LogP contribution < -0.4 is 20.1 Å². The summed E-state index contributed by atoms with van der Waals surface area (Å²) in [5.41, 5.74) is 3.18. The van der Waals surface area contributed by atoms with Crippen molar-refractivity contribution in [2.45, 2.75) is 0 Å². The minimum absolute atomic E-state index is 0.119. The predicted octanol–water partition coefficient (Wildman–Crippen LogP) is 5.94. The molecule has 0 saturated carbocycles. The van der Waals surface area contributed by atoms with Crippen LogP contribution in [0.2, 0.25) is 10.0 Å². The van der Waals surface area contributed by atoms with Crippen LogP contribution in [0.25, 0.3) is 16.8 Å². The lowest BCUT2D eigenvalue weighted by atomic mass is 10.1. The topological polar surface area (TPSA) is 116 Å². The second-order valence-electron chi connectivity index (χ2n) is 7.38. The van der Waals surface area contributed by atoms with Gasteiger partial charge in [0, 0.05) is 22.8 Å². The van der Waals surface area contributed by atoms with E-state index in [4.69, 9.17) is 32.7 Å². The monoisotopic (exact) mass is 521 g/mol. The van der Waals surface area contributed by atoms with Crippen molar-refractivity contribution in [3.05, 3.63) is 83.4 Å². The van der Waals surface area contributed by atoms with E-state index in [0.717, 1.165) is 11.1 Å². The van der Waals surface area contributed by atoms with Crippen molar-refractivity contribution in [1.29, 1.82) is 0 Å². The second kappa shape index (κ2) is 10.1. The predicted molar refractivity (Wildman–Crippen MR) is 136 cm³/mol. The summed E-state index contributed by atoms with van der Waals surface area (Å²) >= 11 is 12.0. The number of hydrogen-bond acceptors (Lipinski definition) is 7. The molecule has 3 aromatic heterocycles. The number of hydrogen-bond donors (Lipinski definition) is 2. The maximum absolute atomic E-state index is 12.2. The molecule has 0 aliphatic heterocycles. The molecule has 2 amide bonds. The Bertz CT molecular complexity index is 1540. The van der Waals surface area contributed by atoms with Gasteiger partial charge in [0.05, 0.1) is 42.1 Å². The SMILES string of the molecule is COc1ccn2ncc(-c3ccc(Oc4ncc(NC(=O)Nc5cc(Cl)ccc5Cl)cn4)cc3)c2n1. The maximum atomic E-state index is 12.2. The molecule has 12 heteroatoms. The number of carbonyl (C=O) groups is 1. The third-order valence-corrected chi connectivity index (χ3v) is 5.55. The molecule has 2 N–H and O–H groups in total. The van der Waals surface area contributed by atoms with Crippen LogP contribution in [0.4, 0.5) is 16.2 Å². The smallest absolute Gasteiger partial charge is 0.323 e. The molecule has 0 bridgehead atoms. The minimum atomic E-state index is -0.521. The number of methoxy groups -OCH3 is 1. The Morgan fingerprint density at radius 2 is 1.75 bits per heavy atom. The number of urea groups is 1. The first-order chi connectivity index (χ1) is 17.5. The van der Waals surface area contributed by atoms with Crippen LogP contribution in [0.1, 0.15) is 0 Å². The van der Waals surface area contributed by atoms with E-state index in [0.29, 0.717) is 38.7 Å². The van der Waals surface area contributed by atoms with Crippen LogP contribution in [0.15, 0.2) is 73.3 Å². The largest absolute Gasteiger partial charge is 0.481 e. The lowest BCUT2D eigenvalue weighted by Crippen LogP contribution is -2.19. The summed E-state index contributed by atoms with van der Waals surface area (Å²) < 4.78 is 12.6. The molecule has 2 aromatic carbocycles. The summed E-state index contributed by atoms with van der Waals surface area (Å²) in [5, 5.41) is 10.4. The molecule has 0 atom stereocenters. The van der Waals surface area contributed by atoms with Gasteiger partial charge in [-0.2, -0.15) is 10.1 Å². The number of aromatic nitrogens is 5. The molecular formula is C24H17Cl2N7O3. The Morgan fingerprint density at radius 3 is 2.50 bits per heavy atom. The normalized spacial score (nSPS) is 10.8. The van der Waals surface area contributed by atoms with E-state index >= 15 is 0 Å². The number of ether oxygens (including phenoxy) is 2. The van der Waals surface area contributed by atoms with E-state index in [1.54, 1.807) is 60.4 Å². The molecule has 3 heterocycles. The van der Waals surface area contributed by atoms with Gasteiger partial charge in [0.2, 0.25) is 5.88 Å². The van der Waals surface area contributed by atoms with Gasteiger partial charge in [0.15, 0.2) is 5.65 Å². The fourth-order valence-corrected chi connectivity index (χ4v) is 3.63. The molecule has 0 saturated heterocycles. The van der Waals surface area contributed by atoms with Crippen molar-refractivity contribution in [3.8, 4) is 28.8 Å². The highest BCUT2D eigenvalue weighted by Gasteiger charge is 2.11. The zero-order chi connectivity index (χ0) is 25.1. The molecule has 0 aliphatic carbocycles. The zero-order valence-corrected chi connectivity index (χ0v) is 20.2. The van der Waals surface area contributed by atoms with Gasteiger partial charge in [0.25, 0.3) is 0 Å². The minimum Gasteiger partial charge on any atom is -0.481 e. The van der Waals surface area contributed by atoms with Crippen LogP contribution in [-0.2, 0) is 0 Å². The molecule has 36 heavy (non-hydrogen) atoms. The average Bonchev–Trinajstić information content (AvgIpc) is 3.31. The van der Waals surface area contributed by atoms with Gasteiger partial charge in [0.1, 0.15) is 5.75 Å². The first kappa shape index (κ1) is 23.3. The van der Waals surface area contributed by atoms with Gasteiger partial charge < -0.3 is 20.1 Å². The van der Waals surface area contributed by atoms with Crippen LogP contribution >= 0.6 is 23.2 Å². The highest BCUT2D eigenvalue weighted by Crippen LogP contribution is 2.28. The molecule has 5 rings (SSSR count). The fraction of sp³-hybridized carbons (Fsp3) is 0.0417. The third kappa shape index (κ3) is 5.14. The van der Waals surface area contributed by atoms with Gasteiger partial charge in [-0.15, -0.1) is 0 Å². The van der Waals surface area contributed by atoms with Crippen molar-refractivity contribution < 1.29 is 14.3 Å². The first-order valence-corrected chi connectivity index (χ1v) is 11.3. The maximum Gasteiger partial charge on any atom is 0.323 e. The average molecular weight is 522 g/mol. The van der Waals surface area contributed by atoms with E-state index in [1.807, 2.05) is 12.1 Å². The standard InChI is InChI=1S/C24H17Cl2N7O3/c1-35-21-8-9-33-22(32-21)18(13-29-33)14-2-5-17(6-3-14)36-24-27-11-16(12-28-24)30-23(34)31-20-10-15(25)4-7-19(20)26/h2-13H,1H3,(H2,30,31,34). The summed E-state index contributed by atoms with van der Waals surface area (Å²) in [7, 11) is 1.57. The van der Waals surface area contributed by atoms with E-state index < -0.39 is 6.03 Å². The van der Waals surface area contributed by atoms with Gasteiger partial charge in [-0.05, 0) is 35.9 Å². The molecule has 0 fully saturated rings. The molecule has 0 spiro atoms. The first-order valence-electron chi connectivity index (χ1n) is 10.5. The van der Waals surface area contributed by atoms with Crippen LogP contribution in [-0.4, -0.2) is 37.7 Å². The van der Waals surface area contributed by atoms with Gasteiger partial charge in [-0.25, -0.2) is 19.3 Å². The summed E-state index contributed by atoms with van der Waals surface area (Å²) in [5.74, 6) is 1.04. The van der Waals surface area contributed by atoms with Crippen molar-refractivity contribution in [2.24, 2.45) is 0 Å². The van der Waals surface area contributed by atoms with Crippen molar-refractivity contribution in [2.75, 3.05) is 17.7 Å². The number of rotatable bonds is 6. The number of carbonyl (C=O) groups excluding carboxylic acids is 1. The van der Waals surface area contributed by atoms with Crippen LogP contribution in [0.3, 0.4) is 0 Å². The quantitative estimate of drug-likeness (QED) is 0.284. The summed E-state index contributed by atoms with van der Waals surface area (Å²) in [6, 6.07) is 13.4. The van der Waals surface area contributed by atoms with E-state index in [-0.39, 0.29) is 6.01 Å². The number of nitrogens with one attached hydrogen (secondary N) is 2. The van der Waals surface area contributed by atoms with Crippen LogP contribution in [0, 0.1) is 0 Å². The van der Waals surface area contributed by atoms with Crippen molar-refractivity contribution >= 4 is 46.3 Å². The third-order valence-electron chi connectivity index (χ3n) is 4.99. The van der Waals surface area contributed by atoms with Crippen molar-refractivity contribution in [3.63, 3.8) is 0 Å². The molecule has 180 valence electrons. The Balaban J connectivity index is 1.23. The summed E-state index contributed by atoms with van der Waals surface area (Å²) in [4.78, 5) is 25.0. The molecule has 10 nitrogen and oxygen atoms in total. The highest BCUT2D eigenvalue weighted by molar-refractivity contribution is 6.35. The highest BCUT2D eigenvalue weighted by atomic mass is 35.5. The number of amides is 2. The molecular weight excluding hydrogens is 505 g/mol. The van der Waals surface area contributed by atoms with E-state index in [2.05, 4.69) is 30.7 Å². The van der Waals surface area contributed by atoms with Gasteiger partial charge >= 0.3 is 12.0 Å². The lowest BCUT2D eigenvalue weighted by molar-refractivity contribution is 0.262.